The number of methoxy groups -OCH3 is 1. The van der Waals surface area contributed by atoms with Crippen LogP contribution in [0.15, 0.2) is 84.0 Å². The zero-order valence-corrected chi connectivity index (χ0v) is 18.8. The summed E-state index contributed by atoms with van der Waals surface area (Å²) < 4.78 is 10.6. The largest absolute Gasteiger partial charge is 0.493 e. The van der Waals surface area contributed by atoms with Gasteiger partial charge in [0.1, 0.15) is 0 Å². The molecule has 3 aromatic rings. The van der Waals surface area contributed by atoms with E-state index in [0.717, 1.165) is 5.56 Å². The first-order chi connectivity index (χ1) is 16.4. The van der Waals surface area contributed by atoms with Gasteiger partial charge in [0.05, 0.1) is 13.3 Å². The topological polar surface area (TPSA) is 106 Å². The van der Waals surface area contributed by atoms with Crippen LogP contribution >= 0.6 is 11.6 Å². The van der Waals surface area contributed by atoms with Crippen molar-refractivity contribution in [1.29, 1.82) is 0 Å². The number of hydrazone groups is 1. The highest BCUT2D eigenvalue weighted by atomic mass is 35.5. The van der Waals surface area contributed by atoms with E-state index in [0.29, 0.717) is 16.3 Å². The van der Waals surface area contributed by atoms with E-state index in [1.807, 2.05) is 30.3 Å². The second-order valence-corrected chi connectivity index (χ2v) is 7.17. The van der Waals surface area contributed by atoms with Crippen LogP contribution in [0.4, 0.5) is 5.69 Å². The lowest BCUT2D eigenvalue weighted by Crippen LogP contribution is -2.32. The van der Waals surface area contributed by atoms with Gasteiger partial charge in [-0.15, -0.1) is 0 Å². The first kappa shape index (κ1) is 24.2. The predicted octanol–water partition coefficient (Wildman–Crippen LogP) is 4.06. The molecule has 172 valence electrons. The van der Waals surface area contributed by atoms with Crippen molar-refractivity contribution in [3.8, 4) is 11.5 Å². The summed E-state index contributed by atoms with van der Waals surface area (Å²) in [6, 6.07) is 20.3. The Hall–Kier alpha value is -4.43. The number of benzene rings is 3. The normalized spacial score (nSPS) is 10.8. The molecule has 9 heteroatoms. The van der Waals surface area contributed by atoms with Gasteiger partial charge in [0.15, 0.2) is 11.5 Å². The second-order valence-electron chi connectivity index (χ2n) is 6.74. The lowest BCUT2D eigenvalue weighted by Gasteiger charge is -2.08. The van der Waals surface area contributed by atoms with Crippen LogP contribution in [0.3, 0.4) is 0 Å². The first-order valence-corrected chi connectivity index (χ1v) is 10.4. The second kappa shape index (κ2) is 12.0. The van der Waals surface area contributed by atoms with E-state index in [1.165, 1.54) is 25.5 Å². The summed E-state index contributed by atoms with van der Waals surface area (Å²) in [5.41, 5.74) is 3.95. The van der Waals surface area contributed by atoms with Crippen molar-refractivity contribution < 1.29 is 23.9 Å². The standard InChI is InChI=1S/C25H20ClN3O5/c1-33-22-15-18(7-13-21(22)34-23(30)14-8-17-5-3-2-4-6-17)16-27-29-25(32)24(31)28-20-11-9-19(26)10-12-20/h2-16H,1H3,(H,28,31)(H,29,32)/b14-8+,27-16+. The molecule has 0 heterocycles. The molecule has 0 aliphatic rings. The molecular formula is C25H20ClN3O5. The third-order valence-corrected chi connectivity index (χ3v) is 4.55. The van der Waals surface area contributed by atoms with Crippen LogP contribution in [-0.2, 0) is 14.4 Å². The van der Waals surface area contributed by atoms with E-state index < -0.39 is 17.8 Å². The van der Waals surface area contributed by atoms with Gasteiger partial charge in [-0.05, 0) is 59.7 Å². The monoisotopic (exact) mass is 477 g/mol. The zero-order chi connectivity index (χ0) is 24.3. The quantitative estimate of drug-likeness (QED) is 0.133. The number of halogens is 1. The van der Waals surface area contributed by atoms with Crippen LogP contribution in [0.5, 0.6) is 11.5 Å². The van der Waals surface area contributed by atoms with Crippen molar-refractivity contribution in [3.63, 3.8) is 0 Å². The molecule has 0 spiro atoms. The molecule has 0 aromatic heterocycles. The molecule has 0 unspecified atom stereocenters. The third-order valence-electron chi connectivity index (χ3n) is 4.30. The molecule has 0 radical (unpaired) electrons. The number of hydrogen-bond donors (Lipinski definition) is 2. The molecule has 0 atom stereocenters. The van der Waals surface area contributed by atoms with Crippen molar-refractivity contribution in [2.45, 2.75) is 0 Å². The Morgan fingerprint density at radius 1 is 0.882 bits per heavy atom. The molecule has 2 N–H and O–H groups in total. The Morgan fingerprint density at radius 2 is 1.62 bits per heavy atom. The number of carbonyl (C=O) groups excluding carboxylic acids is 3. The Kier molecular flexibility index (Phi) is 8.54. The van der Waals surface area contributed by atoms with E-state index in [1.54, 1.807) is 42.5 Å². The molecule has 3 rings (SSSR count). The van der Waals surface area contributed by atoms with Crippen molar-refractivity contribution in [1.82, 2.24) is 5.43 Å². The number of anilines is 1. The number of carbonyl (C=O) groups is 3. The zero-order valence-electron chi connectivity index (χ0n) is 18.0. The van der Waals surface area contributed by atoms with Gasteiger partial charge in [0.25, 0.3) is 0 Å². The molecule has 0 saturated heterocycles. The van der Waals surface area contributed by atoms with Crippen molar-refractivity contribution in [3.05, 3.63) is 95.0 Å². The molecule has 8 nitrogen and oxygen atoms in total. The van der Waals surface area contributed by atoms with Crippen LogP contribution in [0.1, 0.15) is 11.1 Å². The number of esters is 1. The summed E-state index contributed by atoms with van der Waals surface area (Å²) >= 11 is 5.78. The molecule has 0 aliphatic carbocycles. The van der Waals surface area contributed by atoms with Gasteiger partial charge in [-0.3, -0.25) is 9.59 Å². The summed E-state index contributed by atoms with van der Waals surface area (Å²) in [4.78, 5) is 36.0. The number of nitrogens with one attached hydrogen (secondary N) is 2. The number of rotatable bonds is 7. The Morgan fingerprint density at radius 3 is 2.32 bits per heavy atom. The van der Waals surface area contributed by atoms with Crippen LogP contribution < -0.4 is 20.2 Å². The first-order valence-electron chi connectivity index (χ1n) is 9.97. The SMILES string of the molecule is COc1cc(/C=N/NC(=O)C(=O)Nc2ccc(Cl)cc2)ccc1OC(=O)/C=C/c1ccccc1. The molecular weight excluding hydrogens is 458 g/mol. The Balaban J connectivity index is 1.56. The molecule has 3 aromatic carbocycles. The smallest absolute Gasteiger partial charge is 0.336 e. The number of amides is 2. The number of nitrogens with zero attached hydrogens (tertiary/aromatic N) is 1. The van der Waals surface area contributed by atoms with Gasteiger partial charge in [-0.25, -0.2) is 10.2 Å². The average Bonchev–Trinajstić information content (AvgIpc) is 2.85. The fraction of sp³-hybridized carbons (Fsp3) is 0.0400. The fourth-order valence-corrected chi connectivity index (χ4v) is 2.78. The maximum absolute atomic E-state index is 12.1. The van der Waals surface area contributed by atoms with Crippen LogP contribution in [0.2, 0.25) is 5.02 Å². The van der Waals surface area contributed by atoms with Gasteiger partial charge in [0, 0.05) is 16.8 Å². The van der Waals surface area contributed by atoms with Gasteiger partial charge < -0.3 is 14.8 Å². The summed E-state index contributed by atoms with van der Waals surface area (Å²) in [7, 11) is 1.43. The van der Waals surface area contributed by atoms with Crippen LogP contribution in [0, 0.1) is 0 Å². The maximum Gasteiger partial charge on any atom is 0.336 e. The highest BCUT2D eigenvalue weighted by molar-refractivity contribution is 6.39. The molecule has 34 heavy (non-hydrogen) atoms. The molecule has 2 amide bonds. The van der Waals surface area contributed by atoms with E-state index in [4.69, 9.17) is 21.1 Å². The Labute approximate surface area is 200 Å². The van der Waals surface area contributed by atoms with Crippen molar-refractivity contribution >= 4 is 47.4 Å². The van der Waals surface area contributed by atoms with Crippen LogP contribution in [-0.4, -0.2) is 31.1 Å². The highest BCUT2D eigenvalue weighted by Gasteiger charge is 2.13. The van der Waals surface area contributed by atoms with Crippen molar-refractivity contribution in [2.24, 2.45) is 5.10 Å². The molecule has 0 aliphatic heterocycles. The molecule has 0 bridgehead atoms. The lowest BCUT2D eigenvalue weighted by molar-refractivity contribution is -0.136. The van der Waals surface area contributed by atoms with Gasteiger partial charge in [-0.2, -0.15) is 5.10 Å². The van der Waals surface area contributed by atoms with E-state index in [2.05, 4.69) is 15.8 Å². The number of hydrogen-bond acceptors (Lipinski definition) is 6. The minimum absolute atomic E-state index is 0.216. The summed E-state index contributed by atoms with van der Waals surface area (Å²) in [6.45, 7) is 0. The van der Waals surface area contributed by atoms with E-state index in [-0.39, 0.29) is 11.5 Å². The summed E-state index contributed by atoms with van der Waals surface area (Å²) in [6.07, 6.45) is 4.27. The Bertz CT molecular complexity index is 1230. The van der Waals surface area contributed by atoms with Crippen molar-refractivity contribution in [2.75, 3.05) is 12.4 Å². The lowest BCUT2D eigenvalue weighted by atomic mass is 10.2. The molecule has 0 saturated carbocycles. The highest BCUT2D eigenvalue weighted by Crippen LogP contribution is 2.27. The summed E-state index contributed by atoms with van der Waals surface area (Å²) in [5.74, 6) is -1.90. The number of ether oxygens (including phenoxy) is 2. The van der Waals surface area contributed by atoms with Crippen LogP contribution in [0.25, 0.3) is 6.08 Å². The fourth-order valence-electron chi connectivity index (χ4n) is 2.66. The van der Waals surface area contributed by atoms with Gasteiger partial charge in [0.2, 0.25) is 0 Å². The summed E-state index contributed by atoms with van der Waals surface area (Å²) in [5, 5.41) is 6.70. The minimum Gasteiger partial charge on any atom is -0.493 e. The average molecular weight is 478 g/mol. The van der Waals surface area contributed by atoms with Gasteiger partial charge in [-0.1, -0.05) is 41.9 Å². The maximum atomic E-state index is 12.1. The molecule has 0 fully saturated rings. The van der Waals surface area contributed by atoms with E-state index >= 15 is 0 Å². The third kappa shape index (κ3) is 7.32. The van der Waals surface area contributed by atoms with Gasteiger partial charge >= 0.3 is 17.8 Å². The minimum atomic E-state index is -0.950. The van der Waals surface area contributed by atoms with E-state index in [9.17, 15) is 14.4 Å². The predicted molar refractivity (Wildman–Crippen MR) is 130 cm³/mol.